The molecule has 2 aliphatic rings. The van der Waals surface area contributed by atoms with Crippen molar-refractivity contribution in [2.24, 2.45) is 0 Å². The summed E-state index contributed by atoms with van der Waals surface area (Å²) in [5, 5.41) is 3.02. The van der Waals surface area contributed by atoms with Gasteiger partial charge in [-0.3, -0.25) is 19.6 Å². The lowest BCUT2D eigenvalue weighted by molar-refractivity contribution is -0.123. The molecular weight excluding hydrogens is 418 g/mol. The van der Waals surface area contributed by atoms with E-state index in [9.17, 15) is 18.0 Å². The lowest BCUT2D eigenvalue weighted by atomic mass is 10.2. The van der Waals surface area contributed by atoms with Gasteiger partial charge in [-0.05, 0) is 31.6 Å². The molecule has 1 atom stereocenters. The van der Waals surface area contributed by atoms with E-state index in [-0.39, 0.29) is 23.0 Å². The van der Waals surface area contributed by atoms with Crippen molar-refractivity contribution in [3.63, 3.8) is 0 Å². The number of benzene rings is 1. The minimum absolute atomic E-state index is 0.0620. The van der Waals surface area contributed by atoms with Gasteiger partial charge < -0.3 is 0 Å². The molecular formula is C18H17N3O4S3. The number of hydrogen-bond donors (Lipinski definition) is 1. The third kappa shape index (κ3) is 3.36. The molecule has 2 aliphatic heterocycles. The Balaban J connectivity index is 1.67. The molecule has 3 heterocycles. The topological polar surface area (TPSA) is 92.2 Å². The van der Waals surface area contributed by atoms with Gasteiger partial charge in [0.05, 0.1) is 33.7 Å². The number of carbonyl (C=O) groups is 1. The minimum atomic E-state index is -3.14. The predicted molar refractivity (Wildman–Crippen MR) is 113 cm³/mol. The molecule has 0 unspecified atom stereocenters. The number of rotatable bonds is 3. The van der Waals surface area contributed by atoms with Crippen LogP contribution >= 0.6 is 24.0 Å². The first kappa shape index (κ1) is 19.2. The molecule has 0 spiro atoms. The summed E-state index contributed by atoms with van der Waals surface area (Å²) < 4.78 is 25.3. The Morgan fingerprint density at radius 2 is 1.96 bits per heavy atom. The largest absolute Gasteiger partial charge is 0.295 e. The summed E-state index contributed by atoms with van der Waals surface area (Å²) in [6.45, 7) is 1.76. The maximum absolute atomic E-state index is 12.9. The van der Waals surface area contributed by atoms with Gasteiger partial charge in [0.15, 0.2) is 9.84 Å². The highest BCUT2D eigenvalue weighted by Gasteiger charge is 2.42. The Morgan fingerprint density at radius 3 is 2.61 bits per heavy atom. The third-order valence-electron chi connectivity index (χ3n) is 4.80. The summed E-state index contributed by atoms with van der Waals surface area (Å²) in [5.74, 6) is -0.355. The van der Waals surface area contributed by atoms with Crippen LogP contribution < -0.4 is 5.56 Å². The summed E-state index contributed by atoms with van der Waals surface area (Å²) in [5.41, 5.74) is 1.43. The summed E-state index contributed by atoms with van der Waals surface area (Å²) in [6, 6.07) is 8.70. The van der Waals surface area contributed by atoms with Gasteiger partial charge >= 0.3 is 0 Å². The maximum Gasteiger partial charge on any atom is 0.278 e. The number of para-hydroxylation sites is 1. The summed E-state index contributed by atoms with van der Waals surface area (Å²) in [6.07, 6.45) is 1.92. The van der Waals surface area contributed by atoms with E-state index < -0.39 is 15.9 Å². The van der Waals surface area contributed by atoms with Crippen molar-refractivity contribution in [2.75, 3.05) is 11.5 Å². The normalized spacial score (nSPS) is 23.1. The molecule has 10 heteroatoms. The van der Waals surface area contributed by atoms with Crippen molar-refractivity contribution in [3.05, 3.63) is 56.8 Å². The van der Waals surface area contributed by atoms with Gasteiger partial charge in [-0.2, -0.15) is 0 Å². The molecule has 1 aromatic heterocycles. The van der Waals surface area contributed by atoms with Gasteiger partial charge in [0, 0.05) is 5.69 Å². The maximum atomic E-state index is 12.9. The quantitative estimate of drug-likeness (QED) is 0.585. The molecule has 1 N–H and O–H groups in total. The molecule has 4 rings (SSSR count). The SMILES string of the molecule is Cc1[nH]n(-c2ccccc2)c(=O)c1/C=C1\SC(=S)N([C@@H]2CCS(=O)(=O)C2)C1=O. The van der Waals surface area contributed by atoms with Crippen LogP contribution in [0.15, 0.2) is 40.0 Å². The van der Waals surface area contributed by atoms with E-state index in [4.69, 9.17) is 12.2 Å². The van der Waals surface area contributed by atoms with Gasteiger partial charge in [0.1, 0.15) is 4.32 Å². The van der Waals surface area contributed by atoms with Crippen LogP contribution in [0.5, 0.6) is 0 Å². The first-order valence-electron chi connectivity index (χ1n) is 8.61. The first-order valence-corrected chi connectivity index (χ1v) is 11.7. The first-order chi connectivity index (χ1) is 13.3. The molecule has 146 valence electrons. The van der Waals surface area contributed by atoms with Gasteiger partial charge in [-0.15, -0.1) is 0 Å². The highest BCUT2D eigenvalue weighted by atomic mass is 32.2. The Bertz CT molecular complexity index is 1160. The molecule has 0 saturated carbocycles. The van der Waals surface area contributed by atoms with Gasteiger partial charge in [0.2, 0.25) is 0 Å². The van der Waals surface area contributed by atoms with E-state index in [1.807, 2.05) is 18.2 Å². The second-order valence-electron chi connectivity index (χ2n) is 6.74. The standard InChI is InChI=1S/C18H17N3O4S3/c1-11-14(16(22)21(19-11)12-5-3-2-4-6-12)9-15-17(23)20(18(26)27-15)13-7-8-28(24,25)10-13/h2-6,9,13,19H,7-8,10H2,1H3/b15-9-/t13-/m1/s1. The highest BCUT2D eigenvalue weighted by Crippen LogP contribution is 2.36. The zero-order valence-corrected chi connectivity index (χ0v) is 17.4. The number of aromatic amines is 1. The number of thioether (sulfide) groups is 1. The lowest BCUT2D eigenvalue weighted by Crippen LogP contribution is -2.39. The van der Waals surface area contributed by atoms with E-state index in [1.165, 1.54) is 15.7 Å². The molecule has 0 radical (unpaired) electrons. The van der Waals surface area contributed by atoms with E-state index >= 15 is 0 Å². The molecule has 2 fully saturated rings. The Labute approximate surface area is 171 Å². The summed E-state index contributed by atoms with van der Waals surface area (Å²) >= 11 is 6.41. The number of thiocarbonyl (C=S) groups is 1. The molecule has 1 amide bonds. The van der Waals surface area contributed by atoms with Crippen LogP contribution in [0.4, 0.5) is 0 Å². The van der Waals surface area contributed by atoms with Crippen LogP contribution in [-0.2, 0) is 14.6 Å². The zero-order chi connectivity index (χ0) is 20.1. The van der Waals surface area contributed by atoms with E-state index in [0.717, 1.165) is 11.8 Å². The predicted octanol–water partition coefficient (Wildman–Crippen LogP) is 1.86. The molecule has 28 heavy (non-hydrogen) atoms. The average Bonchev–Trinajstić information content (AvgIpc) is 3.24. The summed E-state index contributed by atoms with van der Waals surface area (Å²) in [4.78, 5) is 27.4. The second-order valence-corrected chi connectivity index (χ2v) is 10.6. The van der Waals surface area contributed by atoms with Crippen molar-refractivity contribution in [1.82, 2.24) is 14.7 Å². The number of aromatic nitrogens is 2. The van der Waals surface area contributed by atoms with Crippen molar-refractivity contribution in [1.29, 1.82) is 0 Å². The van der Waals surface area contributed by atoms with Crippen LogP contribution in [-0.4, -0.2) is 50.9 Å². The van der Waals surface area contributed by atoms with Crippen LogP contribution in [0, 0.1) is 6.92 Å². The lowest BCUT2D eigenvalue weighted by Gasteiger charge is -2.20. The van der Waals surface area contributed by atoms with Gasteiger partial charge in [-0.1, -0.05) is 42.2 Å². The number of aryl methyl sites for hydroxylation is 1. The molecule has 2 saturated heterocycles. The summed E-state index contributed by atoms with van der Waals surface area (Å²) in [7, 11) is -3.14. The van der Waals surface area contributed by atoms with Crippen LogP contribution in [0.3, 0.4) is 0 Å². The van der Waals surface area contributed by atoms with E-state index in [0.29, 0.717) is 32.6 Å². The van der Waals surface area contributed by atoms with Crippen molar-refractivity contribution in [3.8, 4) is 5.69 Å². The molecule has 0 aliphatic carbocycles. The number of nitrogens with zero attached hydrogens (tertiary/aromatic N) is 2. The fraction of sp³-hybridized carbons (Fsp3) is 0.278. The van der Waals surface area contributed by atoms with E-state index in [2.05, 4.69) is 5.10 Å². The fourth-order valence-corrected chi connectivity index (χ4v) is 6.48. The smallest absolute Gasteiger partial charge is 0.278 e. The van der Waals surface area contributed by atoms with Crippen LogP contribution in [0.25, 0.3) is 11.8 Å². The third-order valence-corrected chi connectivity index (χ3v) is 7.88. The molecule has 7 nitrogen and oxygen atoms in total. The zero-order valence-electron chi connectivity index (χ0n) is 14.9. The number of sulfone groups is 1. The molecule has 2 aromatic rings. The number of H-pyrrole nitrogens is 1. The fourth-order valence-electron chi connectivity index (χ4n) is 3.39. The second kappa shape index (κ2) is 7.02. The van der Waals surface area contributed by atoms with Crippen molar-refractivity contribution >= 4 is 50.1 Å². The van der Waals surface area contributed by atoms with Crippen molar-refractivity contribution in [2.45, 2.75) is 19.4 Å². The monoisotopic (exact) mass is 435 g/mol. The van der Waals surface area contributed by atoms with Crippen LogP contribution in [0.2, 0.25) is 0 Å². The van der Waals surface area contributed by atoms with Gasteiger partial charge in [0.25, 0.3) is 11.5 Å². The van der Waals surface area contributed by atoms with Gasteiger partial charge in [-0.25, -0.2) is 13.1 Å². The Hall–Kier alpha value is -2.17. The van der Waals surface area contributed by atoms with E-state index in [1.54, 1.807) is 19.1 Å². The van der Waals surface area contributed by atoms with Crippen LogP contribution in [0.1, 0.15) is 17.7 Å². The Kier molecular flexibility index (Phi) is 4.80. The van der Waals surface area contributed by atoms with Crippen molar-refractivity contribution < 1.29 is 13.2 Å². The Morgan fingerprint density at radius 1 is 1.25 bits per heavy atom. The number of hydrogen-bond acceptors (Lipinski definition) is 6. The highest BCUT2D eigenvalue weighted by molar-refractivity contribution is 8.26. The molecule has 0 bridgehead atoms. The number of carbonyl (C=O) groups excluding carboxylic acids is 1. The molecule has 1 aromatic carbocycles. The average molecular weight is 436 g/mol. The number of nitrogens with one attached hydrogen (secondary N) is 1. The minimum Gasteiger partial charge on any atom is -0.295 e. The number of amides is 1.